The molecule has 1 amide bonds. The van der Waals surface area contributed by atoms with E-state index in [4.69, 9.17) is 26.4 Å². The van der Waals surface area contributed by atoms with Crippen LogP contribution in [0.3, 0.4) is 0 Å². The number of thiocarbonyl (C=S) groups is 1. The first-order valence-corrected chi connectivity index (χ1v) is 11.3. The van der Waals surface area contributed by atoms with E-state index in [0.717, 1.165) is 20.6 Å². The molecule has 0 saturated carbocycles. The zero-order valence-electron chi connectivity index (χ0n) is 16.2. The maximum atomic E-state index is 13.0. The van der Waals surface area contributed by atoms with Gasteiger partial charge in [-0.2, -0.15) is 0 Å². The summed E-state index contributed by atoms with van der Waals surface area (Å²) in [4.78, 5) is 15.1. The lowest BCUT2D eigenvalue weighted by molar-refractivity contribution is -0.113. The number of benzene rings is 2. The van der Waals surface area contributed by atoms with Gasteiger partial charge in [0.1, 0.15) is 5.75 Å². The van der Waals surface area contributed by atoms with Crippen LogP contribution in [0.4, 0.5) is 5.69 Å². The maximum absolute atomic E-state index is 13.0. The van der Waals surface area contributed by atoms with Gasteiger partial charge in [0.25, 0.3) is 5.91 Å². The molecule has 0 unspecified atom stereocenters. The highest BCUT2D eigenvalue weighted by Gasteiger charge is 2.33. The lowest BCUT2D eigenvalue weighted by atomic mass is 10.1. The van der Waals surface area contributed by atoms with E-state index in [1.807, 2.05) is 56.3 Å². The molecule has 1 fully saturated rings. The van der Waals surface area contributed by atoms with E-state index in [-0.39, 0.29) is 5.91 Å². The number of carbonyl (C=O) groups is 1. The van der Waals surface area contributed by atoms with E-state index in [0.29, 0.717) is 33.9 Å². The monoisotopic (exact) mass is 541 g/mol. The van der Waals surface area contributed by atoms with E-state index < -0.39 is 0 Å². The van der Waals surface area contributed by atoms with Crippen LogP contribution in [0.15, 0.2) is 41.3 Å². The Hall–Kier alpha value is -1.78. The van der Waals surface area contributed by atoms with Crippen LogP contribution < -0.4 is 19.1 Å². The summed E-state index contributed by atoms with van der Waals surface area (Å²) in [6.45, 7) is 4.96. The maximum Gasteiger partial charge on any atom is 0.270 e. The Balaban J connectivity index is 1.90. The van der Waals surface area contributed by atoms with Crippen LogP contribution in [0.1, 0.15) is 19.4 Å². The number of halogens is 1. The van der Waals surface area contributed by atoms with Gasteiger partial charge in [0.15, 0.2) is 15.8 Å². The van der Waals surface area contributed by atoms with Crippen molar-refractivity contribution >= 4 is 68.6 Å². The third kappa shape index (κ3) is 4.87. The van der Waals surface area contributed by atoms with Crippen molar-refractivity contribution < 1.29 is 19.0 Å². The quantitative estimate of drug-likeness (QED) is 0.262. The first-order valence-electron chi connectivity index (χ1n) is 8.99. The highest BCUT2D eigenvalue weighted by atomic mass is 127. The molecule has 0 atom stereocenters. The van der Waals surface area contributed by atoms with Crippen LogP contribution in [0.25, 0.3) is 6.08 Å². The number of nitrogens with zero attached hydrogens (tertiary/aromatic N) is 1. The SMILES string of the molecule is CCOc1ccc(N2C(=O)/C(=C\c3cc(I)c(OC)c(OCC)c3)SC2=S)cc1. The lowest BCUT2D eigenvalue weighted by Gasteiger charge is -2.15. The third-order valence-electron chi connectivity index (χ3n) is 4.03. The number of hydrogen-bond acceptors (Lipinski definition) is 6. The summed E-state index contributed by atoms with van der Waals surface area (Å²) in [6.07, 6.45) is 1.83. The summed E-state index contributed by atoms with van der Waals surface area (Å²) in [6, 6.07) is 11.2. The molecule has 1 saturated heterocycles. The Morgan fingerprint density at radius 1 is 1.14 bits per heavy atom. The number of carbonyl (C=O) groups excluding carboxylic acids is 1. The molecule has 0 aromatic heterocycles. The number of ether oxygens (including phenoxy) is 3. The van der Waals surface area contributed by atoms with Crippen molar-refractivity contribution in [2.75, 3.05) is 25.2 Å². The van der Waals surface area contributed by atoms with Crippen LogP contribution >= 0.6 is 46.6 Å². The Morgan fingerprint density at radius 2 is 1.83 bits per heavy atom. The number of amides is 1. The van der Waals surface area contributed by atoms with Gasteiger partial charge >= 0.3 is 0 Å². The first kappa shape index (κ1) is 21.9. The fourth-order valence-corrected chi connectivity index (χ4v) is 4.98. The average molecular weight is 541 g/mol. The van der Waals surface area contributed by atoms with Crippen LogP contribution in [0.5, 0.6) is 17.2 Å². The highest BCUT2D eigenvalue weighted by Crippen LogP contribution is 2.39. The molecule has 1 heterocycles. The molecule has 0 N–H and O–H groups in total. The summed E-state index contributed by atoms with van der Waals surface area (Å²) in [5.41, 5.74) is 1.57. The molecule has 2 aromatic rings. The van der Waals surface area contributed by atoms with E-state index in [9.17, 15) is 4.79 Å². The Morgan fingerprint density at radius 3 is 2.45 bits per heavy atom. The summed E-state index contributed by atoms with van der Waals surface area (Å²) >= 11 is 8.94. The first-order chi connectivity index (χ1) is 14.0. The minimum atomic E-state index is -0.145. The summed E-state index contributed by atoms with van der Waals surface area (Å²) in [5.74, 6) is 1.95. The molecule has 5 nitrogen and oxygen atoms in total. The van der Waals surface area contributed by atoms with Crippen molar-refractivity contribution in [1.29, 1.82) is 0 Å². The molecule has 2 aromatic carbocycles. The second-order valence-electron chi connectivity index (χ2n) is 5.91. The van der Waals surface area contributed by atoms with Crippen LogP contribution in [0.2, 0.25) is 0 Å². The van der Waals surface area contributed by atoms with E-state index >= 15 is 0 Å². The van der Waals surface area contributed by atoms with Crippen molar-refractivity contribution in [2.24, 2.45) is 0 Å². The number of rotatable bonds is 7. The molecule has 0 bridgehead atoms. The Labute approximate surface area is 193 Å². The van der Waals surface area contributed by atoms with E-state index in [1.165, 1.54) is 11.8 Å². The normalized spacial score (nSPS) is 15.2. The minimum absolute atomic E-state index is 0.145. The predicted octanol–water partition coefficient (Wildman–Crippen LogP) is 5.50. The van der Waals surface area contributed by atoms with Gasteiger partial charge in [-0.05, 0) is 84.5 Å². The second-order valence-corrected chi connectivity index (χ2v) is 8.75. The van der Waals surface area contributed by atoms with Gasteiger partial charge < -0.3 is 14.2 Å². The van der Waals surface area contributed by atoms with Crippen molar-refractivity contribution in [1.82, 2.24) is 0 Å². The lowest BCUT2D eigenvalue weighted by Crippen LogP contribution is -2.27. The van der Waals surface area contributed by atoms with E-state index in [2.05, 4.69) is 22.6 Å². The van der Waals surface area contributed by atoms with Gasteiger partial charge in [-0.15, -0.1) is 0 Å². The van der Waals surface area contributed by atoms with Gasteiger partial charge in [0.2, 0.25) is 0 Å². The second kappa shape index (κ2) is 9.82. The van der Waals surface area contributed by atoms with Crippen LogP contribution in [-0.4, -0.2) is 30.6 Å². The molecule has 3 rings (SSSR count). The number of hydrogen-bond donors (Lipinski definition) is 0. The smallest absolute Gasteiger partial charge is 0.270 e. The van der Waals surface area contributed by atoms with Gasteiger partial charge in [-0.3, -0.25) is 9.69 Å². The standard InChI is InChI=1S/C21H20INO4S2/c1-4-26-15-8-6-14(7-9-15)23-20(24)18(29-21(23)28)12-13-10-16(22)19(25-3)17(11-13)27-5-2/h6-12H,4-5H2,1-3H3/b18-12+. The molecule has 0 aliphatic carbocycles. The van der Waals surface area contributed by atoms with Crippen LogP contribution in [0, 0.1) is 3.57 Å². The molecule has 29 heavy (non-hydrogen) atoms. The van der Waals surface area contributed by atoms with Crippen molar-refractivity contribution in [3.8, 4) is 17.2 Å². The molecule has 8 heteroatoms. The van der Waals surface area contributed by atoms with Crippen molar-refractivity contribution in [3.63, 3.8) is 0 Å². The number of thioether (sulfide) groups is 1. The van der Waals surface area contributed by atoms with Gasteiger partial charge in [-0.25, -0.2) is 0 Å². The summed E-state index contributed by atoms with van der Waals surface area (Å²) in [5, 5.41) is 0. The summed E-state index contributed by atoms with van der Waals surface area (Å²) < 4.78 is 18.0. The fourth-order valence-electron chi connectivity index (χ4n) is 2.83. The number of anilines is 1. The largest absolute Gasteiger partial charge is 0.494 e. The number of methoxy groups -OCH3 is 1. The van der Waals surface area contributed by atoms with Gasteiger partial charge in [0.05, 0.1) is 34.5 Å². The molecular formula is C21H20INO4S2. The summed E-state index contributed by atoms with van der Waals surface area (Å²) in [7, 11) is 1.61. The molecule has 1 aliphatic heterocycles. The zero-order valence-corrected chi connectivity index (χ0v) is 20.0. The predicted molar refractivity (Wildman–Crippen MR) is 130 cm³/mol. The molecule has 1 aliphatic rings. The van der Waals surface area contributed by atoms with Crippen LogP contribution in [-0.2, 0) is 4.79 Å². The Bertz CT molecular complexity index is 960. The van der Waals surface area contributed by atoms with Gasteiger partial charge in [0, 0.05) is 0 Å². The fraction of sp³-hybridized carbons (Fsp3) is 0.238. The Kier molecular flexibility index (Phi) is 7.42. The topological polar surface area (TPSA) is 48.0 Å². The molecule has 0 radical (unpaired) electrons. The third-order valence-corrected chi connectivity index (χ3v) is 6.14. The van der Waals surface area contributed by atoms with E-state index in [1.54, 1.807) is 12.0 Å². The molecule has 0 spiro atoms. The average Bonchev–Trinajstić information content (AvgIpc) is 2.96. The molecular weight excluding hydrogens is 521 g/mol. The van der Waals surface area contributed by atoms with Gasteiger partial charge in [-0.1, -0.05) is 24.0 Å². The zero-order chi connectivity index (χ0) is 21.0. The highest BCUT2D eigenvalue weighted by molar-refractivity contribution is 14.1. The molecule has 152 valence electrons. The minimum Gasteiger partial charge on any atom is -0.494 e. The van der Waals surface area contributed by atoms with Crippen molar-refractivity contribution in [3.05, 3.63) is 50.4 Å². The van der Waals surface area contributed by atoms with Crippen molar-refractivity contribution in [2.45, 2.75) is 13.8 Å².